The van der Waals surface area contributed by atoms with Crippen molar-refractivity contribution in [3.8, 4) is 5.75 Å². The molecule has 2 aromatic rings. The number of ether oxygens (including phenoxy) is 1. The summed E-state index contributed by atoms with van der Waals surface area (Å²) in [6.45, 7) is 1.82. The third kappa shape index (κ3) is 2.07. The molecule has 0 spiro atoms. The van der Waals surface area contributed by atoms with Gasteiger partial charge in [0.05, 0.1) is 12.1 Å². The van der Waals surface area contributed by atoms with Crippen molar-refractivity contribution in [3.05, 3.63) is 24.4 Å². The van der Waals surface area contributed by atoms with Crippen molar-refractivity contribution in [2.24, 2.45) is 0 Å². The average Bonchev–Trinajstić information content (AvgIpc) is 2.74. The molecule has 17 heavy (non-hydrogen) atoms. The van der Waals surface area contributed by atoms with Crippen LogP contribution in [0.25, 0.3) is 10.9 Å². The normalized spacial score (nSPS) is 12.9. The molecule has 4 N–H and O–H groups in total. The van der Waals surface area contributed by atoms with Crippen LogP contribution in [0, 0.1) is 0 Å². The topological polar surface area (TPSA) is 80.6 Å². The molecule has 0 bridgehead atoms. The number of fused-ring (bicyclic) bond motifs is 1. The Bertz CT molecular complexity index is 520. The number of hydrogen-bond acceptors (Lipinski definition) is 4. The quantitative estimate of drug-likeness (QED) is 0.694. The third-order valence-corrected chi connectivity index (χ3v) is 2.63. The molecule has 0 aliphatic heterocycles. The lowest BCUT2D eigenvalue weighted by Gasteiger charge is -2.13. The fourth-order valence-corrected chi connectivity index (χ4v) is 1.86. The van der Waals surface area contributed by atoms with Gasteiger partial charge >= 0.3 is 0 Å². The Morgan fingerprint density at radius 1 is 1.41 bits per heavy atom. The van der Waals surface area contributed by atoms with Crippen LogP contribution in [0.3, 0.4) is 0 Å². The zero-order chi connectivity index (χ0) is 12.4. The summed E-state index contributed by atoms with van der Waals surface area (Å²) in [5.41, 5.74) is 7.25. The third-order valence-electron chi connectivity index (χ3n) is 2.63. The van der Waals surface area contributed by atoms with Gasteiger partial charge in [0.15, 0.2) is 0 Å². The van der Waals surface area contributed by atoms with Crippen molar-refractivity contribution in [3.63, 3.8) is 0 Å². The molecule has 0 fully saturated rings. The number of benzene rings is 1. The molecule has 0 saturated carbocycles. The van der Waals surface area contributed by atoms with E-state index in [2.05, 4.69) is 0 Å². The monoisotopic (exact) mass is 236 g/mol. The highest BCUT2D eigenvalue weighted by atomic mass is 16.5. The highest BCUT2D eigenvalue weighted by Crippen LogP contribution is 2.32. The van der Waals surface area contributed by atoms with E-state index in [9.17, 15) is 5.11 Å². The van der Waals surface area contributed by atoms with Crippen LogP contribution < -0.4 is 10.5 Å². The lowest BCUT2D eigenvalue weighted by Crippen LogP contribution is -2.06. The van der Waals surface area contributed by atoms with E-state index < -0.39 is 6.23 Å². The fraction of sp³-hybridized carbons (Fsp3) is 0.333. The predicted octanol–water partition coefficient (Wildman–Crippen LogP) is 1.11. The minimum Gasteiger partial charge on any atom is -0.489 e. The summed E-state index contributed by atoms with van der Waals surface area (Å²) in [5, 5.41) is 19.3. The number of nitrogens with zero attached hydrogens (tertiary/aromatic N) is 1. The number of rotatable bonds is 4. The number of hydrogen-bond donors (Lipinski definition) is 3. The maximum Gasteiger partial charge on any atom is 0.143 e. The summed E-state index contributed by atoms with van der Waals surface area (Å²) >= 11 is 0. The van der Waals surface area contributed by atoms with E-state index in [4.69, 9.17) is 15.6 Å². The Balaban J connectivity index is 2.58. The molecule has 0 aliphatic rings. The van der Waals surface area contributed by atoms with E-state index in [1.807, 2.05) is 6.07 Å². The smallest absolute Gasteiger partial charge is 0.143 e. The zero-order valence-corrected chi connectivity index (χ0v) is 9.63. The average molecular weight is 236 g/mol. The Morgan fingerprint density at radius 3 is 2.82 bits per heavy atom. The van der Waals surface area contributed by atoms with Gasteiger partial charge in [-0.15, -0.1) is 0 Å². The Hall–Kier alpha value is -1.72. The molecule has 1 heterocycles. The molecule has 5 nitrogen and oxygen atoms in total. The first-order valence-corrected chi connectivity index (χ1v) is 5.46. The number of aliphatic hydroxyl groups excluding tert-OH is 2. The van der Waals surface area contributed by atoms with E-state index in [1.54, 1.807) is 29.8 Å². The lowest BCUT2D eigenvalue weighted by molar-refractivity contribution is 0.128. The van der Waals surface area contributed by atoms with Gasteiger partial charge in [0.2, 0.25) is 0 Å². The van der Waals surface area contributed by atoms with Crippen LogP contribution in [0.1, 0.15) is 13.2 Å². The van der Waals surface area contributed by atoms with E-state index in [1.165, 1.54) is 0 Å². The maximum absolute atomic E-state index is 9.67. The number of anilines is 1. The van der Waals surface area contributed by atoms with Crippen molar-refractivity contribution >= 4 is 16.6 Å². The highest BCUT2D eigenvalue weighted by Gasteiger charge is 2.12. The van der Waals surface area contributed by atoms with Gasteiger partial charge in [-0.25, -0.2) is 0 Å². The SMILES string of the molecule is CC(O)n1ccc2c(N)ccc(OCCO)c21. The second-order valence-corrected chi connectivity index (χ2v) is 3.84. The van der Waals surface area contributed by atoms with Gasteiger partial charge in [-0.1, -0.05) is 0 Å². The molecule has 0 radical (unpaired) electrons. The lowest BCUT2D eigenvalue weighted by atomic mass is 10.2. The molecule has 92 valence electrons. The van der Waals surface area contributed by atoms with Gasteiger partial charge < -0.3 is 25.3 Å². The summed E-state index contributed by atoms with van der Waals surface area (Å²) in [5.74, 6) is 0.606. The molecule has 0 saturated heterocycles. The number of nitrogen functional groups attached to an aromatic ring is 1. The van der Waals surface area contributed by atoms with Gasteiger partial charge in [0, 0.05) is 17.3 Å². The fourth-order valence-electron chi connectivity index (χ4n) is 1.86. The Morgan fingerprint density at radius 2 is 2.18 bits per heavy atom. The van der Waals surface area contributed by atoms with Gasteiger partial charge in [-0.3, -0.25) is 0 Å². The number of aromatic nitrogens is 1. The van der Waals surface area contributed by atoms with Crippen LogP contribution in [0.4, 0.5) is 5.69 Å². The van der Waals surface area contributed by atoms with Crippen molar-refractivity contribution < 1.29 is 14.9 Å². The molecule has 1 unspecified atom stereocenters. The maximum atomic E-state index is 9.67. The Labute approximate surface area is 99.0 Å². The summed E-state index contributed by atoms with van der Waals surface area (Å²) < 4.78 is 7.11. The molecule has 1 aromatic heterocycles. The number of aliphatic hydroxyl groups is 2. The van der Waals surface area contributed by atoms with E-state index in [-0.39, 0.29) is 13.2 Å². The molecule has 5 heteroatoms. The van der Waals surface area contributed by atoms with Crippen LogP contribution in [-0.2, 0) is 0 Å². The minimum atomic E-state index is -0.661. The predicted molar refractivity (Wildman–Crippen MR) is 65.9 cm³/mol. The molecule has 0 amide bonds. The first-order valence-electron chi connectivity index (χ1n) is 5.46. The minimum absolute atomic E-state index is 0.0543. The summed E-state index contributed by atoms with van der Waals surface area (Å²) in [4.78, 5) is 0. The van der Waals surface area contributed by atoms with E-state index >= 15 is 0 Å². The largest absolute Gasteiger partial charge is 0.489 e. The van der Waals surface area contributed by atoms with Crippen LogP contribution in [0.5, 0.6) is 5.75 Å². The van der Waals surface area contributed by atoms with Gasteiger partial charge in [-0.05, 0) is 25.1 Å². The van der Waals surface area contributed by atoms with E-state index in [0.29, 0.717) is 11.4 Å². The number of nitrogens with two attached hydrogens (primary N) is 1. The zero-order valence-electron chi connectivity index (χ0n) is 9.63. The van der Waals surface area contributed by atoms with Crippen LogP contribution >= 0.6 is 0 Å². The first-order chi connectivity index (χ1) is 8.15. The molecule has 1 aromatic carbocycles. The molecule has 0 aliphatic carbocycles. The van der Waals surface area contributed by atoms with Crippen LogP contribution in [0.15, 0.2) is 24.4 Å². The van der Waals surface area contributed by atoms with Crippen LogP contribution in [-0.4, -0.2) is 28.0 Å². The van der Waals surface area contributed by atoms with Crippen molar-refractivity contribution in [2.45, 2.75) is 13.2 Å². The standard InChI is InChI=1S/C12H16N2O3/c1-8(16)14-5-4-9-10(13)2-3-11(12(9)14)17-7-6-15/h2-5,8,15-16H,6-7,13H2,1H3. The summed E-state index contributed by atoms with van der Waals surface area (Å²) in [6.07, 6.45) is 1.10. The van der Waals surface area contributed by atoms with Crippen LogP contribution in [0.2, 0.25) is 0 Å². The molecular formula is C12H16N2O3. The second-order valence-electron chi connectivity index (χ2n) is 3.84. The summed E-state index contributed by atoms with van der Waals surface area (Å²) in [7, 11) is 0. The van der Waals surface area contributed by atoms with E-state index in [0.717, 1.165) is 10.9 Å². The Kier molecular flexibility index (Phi) is 3.21. The molecule has 1 atom stereocenters. The van der Waals surface area contributed by atoms with Gasteiger partial charge in [0.25, 0.3) is 0 Å². The highest BCUT2D eigenvalue weighted by molar-refractivity contribution is 5.95. The van der Waals surface area contributed by atoms with Crippen molar-refractivity contribution in [1.82, 2.24) is 4.57 Å². The first kappa shape index (κ1) is 11.8. The van der Waals surface area contributed by atoms with Crippen molar-refractivity contribution in [1.29, 1.82) is 0 Å². The van der Waals surface area contributed by atoms with Gasteiger partial charge in [0.1, 0.15) is 18.6 Å². The molecular weight excluding hydrogens is 220 g/mol. The molecule has 2 rings (SSSR count). The van der Waals surface area contributed by atoms with Gasteiger partial charge in [-0.2, -0.15) is 0 Å². The second kappa shape index (κ2) is 4.65. The van der Waals surface area contributed by atoms with Crippen molar-refractivity contribution in [2.75, 3.05) is 18.9 Å². The summed E-state index contributed by atoms with van der Waals surface area (Å²) in [6, 6.07) is 5.33.